The molecule has 2 rings (SSSR count). The average Bonchev–Trinajstić information content (AvgIpc) is 2.96. The molecule has 6 heteroatoms. The third-order valence-corrected chi connectivity index (χ3v) is 4.17. The molecular weight excluding hydrogens is 260 g/mol. The Morgan fingerprint density at radius 1 is 1.30 bits per heavy atom. The zero-order valence-corrected chi connectivity index (χ0v) is 11.8. The van der Waals surface area contributed by atoms with Gasteiger partial charge in [-0.3, -0.25) is 0 Å². The van der Waals surface area contributed by atoms with Crippen LogP contribution >= 0.6 is 0 Å². The molecule has 0 aromatic rings. The monoisotopic (exact) mass is 284 g/mol. The summed E-state index contributed by atoms with van der Waals surface area (Å²) < 4.78 is 5.09. The SMILES string of the molecule is O=C(O)C1CN(C(=O)NCCCC2CCCC2)CCO1. The average molecular weight is 284 g/mol. The van der Waals surface area contributed by atoms with Gasteiger partial charge >= 0.3 is 12.0 Å². The van der Waals surface area contributed by atoms with Gasteiger partial charge in [0.05, 0.1) is 13.2 Å². The molecule has 2 fully saturated rings. The quantitative estimate of drug-likeness (QED) is 0.749. The van der Waals surface area contributed by atoms with Gasteiger partial charge in [-0.05, 0) is 18.8 Å². The molecule has 0 bridgehead atoms. The first-order valence-electron chi connectivity index (χ1n) is 7.54. The number of hydrogen-bond acceptors (Lipinski definition) is 3. The third-order valence-electron chi connectivity index (χ3n) is 4.17. The molecule has 1 aliphatic heterocycles. The number of hydrogen-bond donors (Lipinski definition) is 2. The van der Waals surface area contributed by atoms with Crippen LogP contribution in [0.15, 0.2) is 0 Å². The Morgan fingerprint density at radius 2 is 2.05 bits per heavy atom. The summed E-state index contributed by atoms with van der Waals surface area (Å²) in [6, 6.07) is -0.175. The Labute approximate surface area is 119 Å². The lowest BCUT2D eigenvalue weighted by Gasteiger charge is -2.30. The van der Waals surface area contributed by atoms with E-state index in [1.54, 1.807) is 0 Å². The lowest BCUT2D eigenvalue weighted by atomic mass is 10.0. The van der Waals surface area contributed by atoms with Crippen LogP contribution in [0.3, 0.4) is 0 Å². The standard InChI is InChI=1S/C14H24N2O4/c17-13(18)12-10-16(8-9-20-12)14(19)15-7-3-6-11-4-1-2-5-11/h11-12H,1-10H2,(H,15,19)(H,17,18). The van der Waals surface area contributed by atoms with Gasteiger partial charge < -0.3 is 20.1 Å². The zero-order chi connectivity index (χ0) is 14.4. The summed E-state index contributed by atoms with van der Waals surface area (Å²) in [6.45, 7) is 1.54. The largest absolute Gasteiger partial charge is 0.479 e. The normalized spacial score (nSPS) is 23.8. The number of ether oxygens (including phenoxy) is 1. The summed E-state index contributed by atoms with van der Waals surface area (Å²) in [5.41, 5.74) is 0. The lowest BCUT2D eigenvalue weighted by molar-refractivity contribution is -0.154. The van der Waals surface area contributed by atoms with Gasteiger partial charge in [-0.15, -0.1) is 0 Å². The molecule has 2 N–H and O–H groups in total. The molecule has 1 atom stereocenters. The summed E-state index contributed by atoms with van der Waals surface area (Å²) in [7, 11) is 0. The van der Waals surface area contributed by atoms with Gasteiger partial charge in [-0.1, -0.05) is 25.7 Å². The molecule has 2 aliphatic rings. The number of nitrogens with zero attached hydrogens (tertiary/aromatic N) is 1. The van der Waals surface area contributed by atoms with Gasteiger partial charge in [0.15, 0.2) is 6.10 Å². The van der Waals surface area contributed by atoms with Crippen molar-refractivity contribution in [3.63, 3.8) is 0 Å². The predicted octanol–water partition coefficient (Wildman–Crippen LogP) is 1.45. The maximum absolute atomic E-state index is 11.9. The molecule has 1 saturated carbocycles. The first-order chi connectivity index (χ1) is 9.66. The minimum absolute atomic E-state index is 0.129. The van der Waals surface area contributed by atoms with Gasteiger partial charge in [0.1, 0.15) is 0 Å². The van der Waals surface area contributed by atoms with E-state index in [1.807, 2.05) is 0 Å². The van der Waals surface area contributed by atoms with E-state index in [2.05, 4.69) is 5.32 Å². The number of urea groups is 1. The van der Waals surface area contributed by atoms with E-state index in [0.29, 0.717) is 13.1 Å². The van der Waals surface area contributed by atoms with Crippen LogP contribution in [-0.2, 0) is 9.53 Å². The van der Waals surface area contributed by atoms with E-state index in [-0.39, 0.29) is 19.2 Å². The first kappa shape index (κ1) is 15.1. The number of morpholine rings is 1. The number of carbonyl (C=O) groups excluding carboxylic acids is 1. The van der Waals surface area contributed by atoms with Crippen molar-refractivity contribution in [1.82, 2.24) is 10.2 Å². The molecule has 6 nitrogen and oxygen atoms in total. The molecule has 0 aromatic carbocycles. The van der Waals surface area contributed by atoms with E-state index in [4.69, 9.17) is 9.84 Å². The summed E-state index contributed by atoms with van der Waals surface area (Å²) in [4.78, 5) is 24.3. The van der Waals surface area contributed by atoms with Crippen molar-refractivity contribution in [2.24, 2.45) is 5.92 Å². The number of rotatable bonds is 5. The molecule has 1 saturated heterocycles. The second-order valence-corrected chi connectivity index (χ2v) is 5.67. The van der Waals surface area contributed by atoms with Crippen LogP contribution in [0.25, 0.3) is 0 Å². The van der Waals surface area contributed by atoms with Crippen molar-refractivity contribution < 1.29 is 19.4 Å². The fourth-order valence-corrected chi connectivity index (χ4v) is 2.98. The highest BCUT2D eigenvalue weighted by Gasteiger charge is 2.28. The number of nitrogens with one attached hydrogen (secondary N) is 1. The van der Waals surface area contributed by atoms with E-state index in [1.165, 1.54) is 37.0 Å². The van der Waals surface area contributed by atoms with Crippen LogP contribution in [0.2, 0.25) is 0 Å². The van der Waals surface area contributed by atoms with Crippen molar-refractivity contribution in [3.05, 3.63) is 0 Å². The summed E-state index contributed by atoms with van der Waals surface area (Å²) in [5, 5.41) is 11.8. The number of carbonyl (C=O) groups is 2. The molecule has 2 amide bonds. The van der Waals surface area contributed by atoms with Crippen LogP contribution in [0.4, 0.5) is 4.79 Å². The number of amides is 2. The Hall–Kier alpha value is -1.30. The molecular formula is C14H24N2O4. The van der Waals surface area contributed by atoms with E-state index in [9.17, 15) is 9.59 Å². The van der Waals surface area contributed by atoms with E-state index >= 15 is 0 Å². The molecule has 1 aliphatic carbocycles. The predicted molar refractivity (Wildman–Crippen MR) is 73.5 cm³/mol. The molecule has 1 heterocycles. The fourth-order valence-electron chi connectivity index (χ4n) is 2.98. The summed E-state index contributed by atoms with van der Waals surface area (Å²) in [5.74, 6) is -0.171. The first-order valence-corrected chi connectivity index (χ1v) is 7.54. The van der Waals surface area contributed by atoms with Crippen molar-refractivity contribution in [1.29, 1.82) is 0 Å². The summed E-state index contributed by atoms with van der Waals surface area (Å²) in [6.07, 6.45) is 6.65. The van der Waals surface area contributed by atoms with Gasteiger partial charge in [0, 0.05) is 13.1 Å². The second kappa shape index (κ2) is 7.47. The zero-order valence-electron chi connectivity index (χ0n) is 11.8. The van der Waals surface area contributed by atoms with Gasteiger partial charge in [0.2, 0.25) is 0 Å². The molecule has 1 unspecified atom stereocenters. The maximum atomic E-state index is 11.9. The number of carboxylic acids is 1. The number of carboxylic acid groups (broad SMARTS) is 1. The molecule has 114 valence electrons. The van der Waals surface area contributed by atoms with Crippen molar-refractivity contribution in [3.8, 4) is 0 Å². The molecule has 0 radical (unpaired) electrons. The minimum atomic E-state index is -1.01. The van der Waals surface area contributed by atoms with Gasteiger partial charge in [0.25, 0.3) is 0 Å². The van der Waals surface area contributed by atoms with E-state index in [0.717, 1.165) is 12.3 Å². The lowest BCUT2D eigenvalue weighted by Crippen LogP contribution is -2.51. The smallest absolute Gasteiger partial charge is 0.334 e. The fraction of sp³-hybridized carbons (Fsp3) is 0.857. The molecule has 0 aromatic heterocycles. The van der Waals surface area contributed by atoms with Crippen molar-refractivity contribution in [2.45, 2.75) is 44.6 Å². The maximum Gasteiger partial charge on any atom is 0.334 e. The van der Waals surface area contributed by atoms with Crippen LogP contribution in [0.5, 0.6) is 0 Å². The van der Waals surface area contributed by atoms with Crippen molar-refractivity contribution in [2.75, 3.05) is 26.2 Å². The highest BCUT2D eigenvalue weighted by atomic mass is 16.5. The molecule has 0 spiro atoms. The third kappa shape index (κ3) is 4.37. The topological polar surface area (TPSA) is 78.9 Å². The highest BCUT2D eigenvalue weighted by Crippen LogP contribution is 2.28. The van der Waals surface area contributed by atoms with E-state index < -0.39 is 12.1 Å². The van der Waals surface area contributed by atoms with Crippen molar-refractivity contribution >= 4 is 12.0 Å². The van der Waals surface area contributed by atoms with Gasteiger partial charge in [-0.2, -0.15) is 0 Å². The van der Waals surface area contributed by atoms with Crippen LogP contribution in [0.1, 0.15) is 38.5 Å². The Balaban J connectivity index is 1.62. The molecule has 20 heavy (non-hydrogen) atoms. The highest BCUT2D eigenvalue weighted by molar-refractivity contribution is 5.77. The van der Waals surface area contributed by atoms with Crippen LogP contribution < -0.4 is 5.32 Å². The van der Waals surface area contributed by atoms with Crippen LogP contribution in [-0.4, -0.2) is 54.4 Å². The Bertz CT molecular complexity index is 342. The Morgan fingerprint density at radius 3 is 2.75 bits per heavy atom. The minimum Gasteiger partial charge on any atom is -0.479 e. The Kier molecular flexibility index (Phi) is 5.64. The van der Waals surface area contributed by atoms with Crippen LogP contribution in [0, 0.1) is 5.92 Å². The number of aliphatic carboxylic acids is 1. The second-order valence-electron chi connectivity index (χ2n) is 5.67. The summed E-state index contributed by atoms with van der Waals surface area (Å²) >= 11 is 0. The van der Waals surface area contributed by atoms with Gasteiger partial charge in [-0.25, -0.2) is 9.59 Å².